The minimum absolute atomic E-state index is 0. The number of amides is 1. The fraction of sp³-hybridized carbons (Fsp3) is 0.375. The van der Waals surface area contributed by atoms with E-state index in [1.165, 1.54) is 0 Å². The number of nitrogens with two attached hydrogens (primary N) is 2. The number of sulfonamides is 1. The third-order valence-corrected chi connectivity index (χ3v) is 2.67. The molecule has 1 heterocycles. The van der Waals surface area contributed by atoms with E-state index in [-0.39, 0.29) is 12.4 Å². The monoisotopic (exact) mass is 319 g/mol. The maximum absolute atomic E-state index is 12.7. The van der Waals surface area contributed by atoms with E-state index in [0.29, 0.717) is 0 Å². The van der Waals surface area contributed by atoms with Gasteiger partial charge in [-0.2, -0.15) is 0 Å². The minimum atomic E-state index is -4.08. The van der Waals surface area contributed by atoms with Crippen molar-refractivity contribution in [3.05, 3.63) is 17.9 Å². The second-order valence-electron chi connectivity index (χ2n) is 3.41. The van der Waals surface area contributed by atoms with Crippen molar-refractivity contribution in [2.75, 3.05) is 13.1 Å². The summed E-state index contributed by atoms with van der Waals surface area (Å²) in [4.78, 5) is 11.3. The van der Waals surface area contributed by atoms with E-state index in [0.717, 1.165) is 12.1 Å². The number of rotatable bonds is 5. The maximum atomic E-state index is 12.7. The molecule has 0 aromatic carbocycles. The highest BCUT2D eigenvalue weighted by Crippen LogP contribution is 2.13. The summed E-state index contributed by atoms with van der Waals surface area (Å²) in [7, 11) is -4.08. The molecule has 7 nitrogen and oxygen atoms in total. The zero-order chi connectivity index (χ0) is 14.0. The van der Waals surface area contributed by atoms with Gasteiger partial charge in [-0.25, -0.2) is 22.3 Å². The first kappa shape index (κ1) is 17.8. The number of nitrogens with one attached hydrogen (secondary N) is 1. The summed E-state index contributed by atoms with van der Waals surface area (Å²) in [6, 6.07) is 1.96. The molecule has 19 heavy (non-hydrogen) atoms. The van der Waals surface area contributed by atoms with Gasteiger partial charge in [0.25, 0.3) is 21.9 Å². The summed E-state index contributed by atoms with van der Waals surface area (Å²) in [5, 5.41) is 5.98. The van der Waals surface area contributed by atoms with E-state index in [9.17, 15) is 22.0 Å². The van der Waals surface area contributed by atoms with Crippen molar-refractivity contribution >= 4 is 28.3 Å². The Bertz CT molecular complexity index is 546. The number of primary sulfonamides is 1. The van der Waals surface area contributed by atoms with E-state index in [2.05, 4.69) is 4.42 Å². The van der Waals surface area contributed by atoms with Crippen molar-refractivity contribution in [1.29, 1.82) is 0 Å². The van der Waals surface area contributed by atoms with Gasteiger partial charge in [-0.15, -0.1) is 12.4 Å². The molecule has 11 heteroatoms. The van der Waals surface area contributed by atoms with Crippen LogP contribution in [0.4, 0.5) is 8.78 Å². The number of carbonyl (C=O) groups excluding carboxylic acids is 1. The zero-order valence-electron chi connectivity index (χ0n) is 9.43. The Hall–Kier alpha value is -1.23. The predicted molar refractivity (Wildman–Crippen MR) is 63.7 cm³/mol. The van der Waals surface area contributed by atoms with E-state index in [1.54, 1.807) is 0 Å². The molecule has 1 amide bonds. The molecule has 0 aliphatic carbocycles. The number of furan rings is 1. The van der Waals surface area contributed by atoms with Crippen LogP contribution >= 0.6 is 12.4 Å². The topological polar surface area (TPSA) is 128 Å². The molecule has 5 N–H and O–H groups in total. The van der Waals surface area contributed by atoms with Gasteiger partial charge < -0.3 is 15.5 Å². The number of carbonyl (C=O) groups is 1. The molecule has 0 saturated heterocycles. The second-order valence-corrected chi connectivity index (χ2v) is 4.90. The summed E-state index contributed by atoms with van der Waals surface area (Å²) in [5.74, 6) is -4.67. The smallest absolute Gasteiger partial charge is 0.287 e. The summed E-state index contributed by atoms with van der Waals surface area (Å²) < 4.78 is 51.8. The molecule has 0 aliphatic rings. The Morgan fingerprint density at radius 3 is 2.42 bits per heavy atom. The van der Waals surface area contributed by atoms with Crippen LogP contribution in [0.3, 0.4) is 0 Å². The Labute approximate surface area is 113 Å². The van der Waals surface area contributed by atoms with Crippen molar-refractivity contribution in [2.24, 2.45) is 10.9 Å². The molecular formula is C8H12ClF2N3O4S. The highest BCUT2D eigenvalue weighted by molar-refractivity contribution is 7.89. The van der Waals surface area contributed by atoms with Crippen LogP contribution in [0.5, 0.6) is 0 Å². The van der Waals surface area contributed by atoms with Gasteiger partial charge in [-0.1, -0.05) is 0 Å². The van der Waals surface area contributed by atoms with Gasteiger partial charge in [0.05, 0.1) is 13.1 Å². The fourth-order valence-corrected chi connectivity index (χ4v) is 1.43. The zero-order valence-corrected chi connectivity index (χ0v) is 11.1. The van der Waals surface area contributed by atoms with Crippen molar-refractivity contribution in [3.63, 3.8) is 0 Å². The fourth-order valence-electron chi connectivity index (χ4n) is 0.964. The maximum Gasteiger partial charge on any atom is 0.287 e. The molecule has 1 aromatic heterocycles. The predicted octanol–water partition coefficient (Wildman–Crippen LogP) is -0.327. The lowest BCUT2D eigenvalue weighted by molar-refractivity contribution is 0.0115. The second kappa shape index (κ2) is 6.28. The van der Waals surface area contributed by atoms with Gasteiger partial charge in [0.15, 0.2) is 5.76 Å². The van der Waals surface area contributed by atoms with Crippen LogP contribution in [-0.2, 0) is 10.0 Å². The van der Waals surface area contributed by atoms with E-state index in [1.807, 2.05) is 5.32 Å². The van der Waals surface area contributed by atoms with Crippen LogP contribution in [0, 0.1) is 0 Å². The van der Waals surface area contributed by atoms with Gasteiger partial charge in [0.1, 0.15) is 0 Å². The lowest BCUT2D eigenvalue weighted by Crippen LogP contribution is -2.41. The Balaban J connectivity index is 0.00000324. The quantitative estimate of drug-likeness (QED) is 0.684. The van der Waals surface area contributed by atoms with Crippen LogP contribution < -0.4 is 16.2 Å². The first-order chi connectivity index (χ1) is 8.15. The summed E-state index contributed by atoms with van der Waals surface area (Å²) >= 11 is 0. The number of alkyl halides is 2. The van der Waals surface area contributed by atoms with Gasteiger partial charge in [-0.05, 0) is 12.1 Å². The lowest BCUT2D eigenvalue weighted by Gasteiger charge is -2.13. The first-order valence-corrected chi connectivity index (χ1v) is 6.19. The summed E-state index contributed by atoms with van der Waals surface area (Å²) in [5.41, 5.74) is 4.77. The molecule has 110 valence electrons. The SMILES string of the molecule is Cl.NCC(F)(F)CNC(=O)c1ccc(S(N)(=O)=O)o1. The Morgan fingerprint density at radius 2 is 2.00 bits per heavy atom. The third kappa shape index (κ3) is 5.11. The van der Waals surface area contributed by atoms with Crippen LogP contribution in [0.25, 0.3) is 0 Å². The average molecular weight is 320 g/mol. The number of halogens is 3. The molecule has 0 aliphatic heterocycles. The molecule has 1 aromatic rings. The highest BCUT2D eigenvalue weighted by atomic mass is 35.5. The normalized spacial score (nSPS) is 11.8. The average Bonchev–Trinajstić information content (AvgIpc) is 2.75. The van der Waals surface area contributed by atoms with Crippen LogP contribution in [0.15, 0.2) is 21.6 Å². The van der Waals surface area contributed by atoms with Crippen molar-refractivity contribution in [1.82, 2.24) is 5.32 Å². The minimum Gasteiger partial charge on any atom is -0.438 e. The molecular weight excluding hydrogens is 308 g/mol. The standard InChI is InChI=1S/C8H11F2N3O4S.ClH/c9-8(10,3-11)4-13-7(14)5-1-2-6(17-5)18(12,15)16;/h1-2H,3-4,11H2,(H,13,14)(H2,12,15,16);1H. The molecule has 0 atom stereocenters. The molecule has 1 rings (SSSR count). The summed E-state index contributed by atoms with van der Waals surface area (Å²) in [6.45, 7) is -1.90. The molecule has 0 saturated carbocycles. The van der Waals surface area contributed by atoms with Gasteiger partial charge >= 0.3 is 0 Å². The highest BCUT2D eigenvalue weighted by Gasteiger charge is 2.28. The molecule has 0 unspecified atom stereocenters. The van der Waals surface area contributed by atoms with Gasteiger partial charge in [0, 0.05) is 0 Å². The van der Waals surface area contributed by atoms with Crippen molar-refractivity contribution in [3.8, 4) is 0 Å². The van der Waals surface area contributed by atoms with Crippen LogP contribution in [0.1, 0.15) is 10.6 Å². The van der Waals surface area contributed by atoms with Crippen molar-refractivity contribution in [2.45, 2.75) is 11.0 Å². The molecule has 0 bridgehead atoms. The van der Waals surface area contributed by atoms with Gasteiger partial charge in [0.2, 0.25) is 5.09 Å². The van der Waals surface area contributed by atoms with Gasteiger partial charge in [-0.3, -0.25) is 4.79 Å². The molecule has 0 spiro atoms. The van der Waals surface area contributed by atoms with Crippen LogP contribution in [0.2, 0.25) is 0 Å². The summed E-state index contributed by atoms with van der Waals surface area (Å²) in [6.07, 6.45) is 0. The van der Waals surface area contributed by atoms with E-state index < -0.39 is 45.8 Å². The Kier molecular flexibility index (Phi) is 5.87. The van der Waals surface area contributed by atoms with Crippen LogP contribution in [-0.4, -0.2) is 33.3 Å². The number of hydrogen-bond donors (Lipinski definition) is 3. The molecule has 0 fully saturated rings. The third-order valence-electron chi connectivity index (χ3n) is 1.89. The molecule has 0 radical (unpaired) electrons. The lowest BCUT2D eigenvalue weighted by atomic mass is 10.3. The van der Waals surface area contributed by atoms with E-state index >= 15 is 0 Å². The first-order valence-electron chi connectivity index (χ1n) is 4.64. The number of hydrogen-bond acceptors (Lipinski definition) is 5. The van der Waals surface area contributed by atoms with Crippen molar-refractivity contribution < 1.29 is 26.4 Å². The largest absolute Gasteiger partial charge is 0.438 e. The van der Waals surface area contributed by atoms with E-state index in [4.69, 9.17) is 10.9 Å². The Morgan fingerprint density at radius 1 is 1.42 bits per heavy atom.